The van der Waals surface area contributed by atoms with E-state index in [9.17, 15) is 4.79 Å². The summed E-state index contributed by atoms with van der Waals surface area (Å²) < 4.78 is 0. The molecule has 0 atom stereocenters. The number of nitrogens with one attached hydrogen (secondary N) is 2. The summed E-state index contributed by atoms with van der Waals surface area (Å²) in [6, 6.07) is 1.46. The van der Waals surface area contributed by atoms with Gasteiger partial charge in [-0.2, -0.15) is 0 Å². The summed E-state index contributed by atoms with van der Waals surface area (Å²) in [7, 11) is 0. The molecule has 0 spiro atoms. The van der Waals surface area contributed by atoms with Gasteiger partial charge in [-0.25, -0.2) is 9.97 Å². The fourth-order valence-electron chi connectivity index (χ4n) is 1.71. The summed E-state index contributed by atoms with van der Waals surface area (Å²) in [4.78, 5) is 21.4. The molecule has 98 valence electrons. The summed E-state index contributed by atoms with van der Waals surface area (Å²) in [6.07, 6.45) is 0. The molecule has 0 bridgehead atoms. The number of piperazine rings is 1. The van der Waals surface area contributed by atoms with Gasteiger partial charge in [0.25, 0.3) is 0 Å². The second kappa shape index (κ2) is 6.29. The average Bonchev–Trinajstić information content (AvgIpc) is 2.28. The van der Waals surface area contributed by atoms with Crippen molar-refractivity contribution in [2.24, 2.45) is 0 Å². The van der Waals surface area contributed by atoms with Gasteiger partial charge in [-0.3, -0.25) is 9.69 Å². The van der Waals surface area contributed by atoms with Gasteiger partial charge in [0, 0.05) is 32.2 Å². The highest BCUT2D eigenvalue weighted by Gasteiger charge is 2.14. The van der Waals surface area contributed by atoms with Crippen LogP contribution in [0.3, 0.4) is 0 Å². The number of carbonyl (C=O) groups is 1. The molecule has 0 radical (unpaired) electrons. The topological polar surface area (TPSA) is 70.2 Å². The molecule has 1 amide bonds. The van der Waals surface area contributed by atoms with Crippen molar-refractivity contribution in [1.29, 1.82) is 0 Å². The van der Waals surface area contributed by atoms with Crippen LogP contribution < -0.4 is 10.6 Å². The normalized spacial score (nSPS) is 16.6. The second-order valence-corrected chi connectivity index (χ2v) is 4.64. The Labute approximate surface area is 115 Å². The van der Waals surface area contributed by atoms with Crippen molar-refractivity contribution >= 4 is 34.9 Å². The Hall–Kier alpha value is -0.950. The largest absolute Gasteiger partial charge is 0.314 e. The van der Waals surface area contributed by atoms with Crippen LogP contribution in [0.1, 0.15) is 0 Å². The molecular weight excluding hydrogens is 277 g/mol. The Bertz CT molecular complexity index is 416. The molecular formula is C10H13Cl2N5O. The monoisotopic (exact) mass is 289 g/mol. The van der Waals surface area contributed by atoms with Crippen molar-refractivity contribution in [2.45, 2.75) is 0 Å². The number of anilines is 1. The first-order valence-electron chi connectivity index (χ1n) is 5.56. The van der Waals surface area contributed by atoms with Crippen LogP contribution in [0.15, 0.2) is 6.07 Å². The van der Waals surface area contributed by atoms with E-state index < -0.39 is 0 Å². The molecule has 6 nitrogen and oxygen atoms in total. The van der Waals surface area contributed by atoms with E-state index in [0.29, 0.717) is 12.4 Å². The van der Waals surface area contributed by atoms with E-state index in [-0.39, 0.29) is 16.3 Å². The highest BCUT2D eigenvalue weighted by Crippen LogP contribution is 2.14. The minimum atomic E-state index is -0.136. The number of hydrogen-bond donors (Lipinski definition) is 2. The van der Waals surface area contributed by atoms with Crippen LogP contribution in [-0.4, -0.2) is 53.5 Å². The lowest BCUT2D eigenvalue weighted by Crippen LogP contribution is -2.46. The Morgan fingerprint density at radius 2 is 2.11 bits per heavy atom. The molecule has 1 aliphatic rings. The van der Waals surface area contributed by atoms with Gasteiger partial charge in [-0.15, -0.1) is 0 Å². The molecule has 2 N–H and O–H groups in total. The van der Waals surface area contributed by atoms with Crippen molar-refractivity contribution in [1.82, 2.24) is 20.2 Å². The Kier molecular flexibility index (Phi) is 4.71. The van der Waals surface area contributed by atoms with E-state index in [4.69, 9.17) is 23.2 Å². The molecule has 18 heavy (non-hydrogen) atoms. The highest BCUT2D eigenvalue weighted by molar-refractivity contribution is 6.32. The second-order valence-electron chi connectivity index (χ2n) is 3.92. The van der Waals surface area contributed by atoms with Crippen LogP contribution in [0.5, 0.6) is 0 Å². The van der Waals surface area contributed by atoms with E-state index in [0.717, 1.165) is 26.2 Å². The Morgan fingerprint density at radius 3 is 2.78 bits per heavy atom. The lowest BCUT2D eigenvalue weighted by Gasteiger charge is -2.26. The van der Waals surface area contributed by atoms with Crippen molar-refractivity contribution in [3.05, 3.63) is 16.5 Å². The fraction of sp³-hybridized carbons (Fsp3) is 0.500. The molecule has 0 unspecified atom stereocenters. The molecule has 0 aromatic carbocycles. The fourth-order valence-corrected chi connectivity index (χ4v) is 2.12. The number of hydrogen-bond acceptors (Lipinski definition) is 5. The summed E-state index contributed by atoms with van der Waals surface area (Å²) in [6.45, 7) is 3.86. The zero-order chi connectivity index (χ0) is 13.0. The van der Waals surface area contributed by atoms with E-state index in [2.05, 4.69) is 25.5 Å². The van der Waals surface area contributed by atoms with Crippen LogP contribution in [0.2, 0.25) is 10.4 Å². The van der Waals surface area contributed by atoms with E-state index in [1.54, 1.807) is 0 Å². The molecule has 2 heterocycles. The Balaban J connectivity index is 1.89. The smallest absolute Gasteiger partial charge is 0.239 e. The van der Waals surface area contributed by atoms with Gasteiger partial charge in [0.2, 0.25) is 11.2 Å². The molecule has 1 fully saturated rings. The number of halogens is 2. The maximum Gasteiger partial charge on any atom is 0.239 e. The minimum Gasteiger partial charge on any atom is -0.314 e. The number of nitrogens with zero attached hydrogens (tertiary/aromatic N) is 3. The van der Waals surface area contributed by atoms with Gasteiger partial charge in [0.05, 0.1) is 6.54 Å². The molecule has 0 aliphatic carbocycles. The van der Waals surface area contributed by atoms with Crippen molar-refractivity contribution < 1.29 is 4.79 Å². The maximum absolute atomic E-state index is 11.8. The van der Waals surface area contributed by atoms with Gasteiger partial charge >= 0.3 is 0 Å². The third-order valence-corrected chi connectivity index (χ3v) is 2.87. The first-order chi connectivity index (χ1) is 8.63. The lowest BCUT2D eigenvalue weighted by atomic mass is 10.3. The zero-order valence-electron chi connectivity index (χ0n) is 9.62. The average molecular weight is 290 g/mol. The van der Waals surface area contributed by atoms with Crippen molar-refractivity contribution in [3.8, 4) is 0 Å². The number of aromatic nitrogens is 2. The highest BCUT2D eigenvalue weighted by atomic mass is 35.5. The molecule has 8 heteroatoms. The van der Waals surface area contributed by atoms with Crippen LogP contribution in [0, 0.1) is 0 Å². The maximum atomic E-state index is 11.8. The van der Waals surface area contributed by atoms with Gasteiger partial charge in [0.1, 0.15) is 11.0 Å². The zero-order valence-corrected chi connectivity index (χ0v) is 11.1. The van der Waals surface area contributed by atoms with E-state index in [1.807, 2.05) is 0 Å². The summed E-state index contributed by atoms with van der Waals surface area (Å²) >= 11 is 11.4. The first kappa shape index (κ1) is 13.5. The summed E-state index contributed by atoms with van der Waals surface area (Å²) in [5.74, 6) is 0.183. The van der Waals surface area contributed by atoms with Crippen LogP contribution in [-0.2, 0) is 4.79 Å². The Morgan fingerprint density at radius 1 is 1.39 bits per heavy atom. The molecule has 1 saturated heterocycles. The van der Waals surface area contributed by atoms with Crippen molar-refractivity contribution in [2.75, 3.05) is 38.0 Å². The van der Waals surface area contributed by atoms with Crippen LogP contribution >= 0.6 is 23.2 Å². The first-order valence-corrected chi connectivity index (χ1v) is 6.32. The SMILES string of the molecule is O=C(CN1CCNCC1)Nc1cc(Cl)nc(Cl)n1. The molecule has 1 aromatic heterocycles. The van der Waals surface area contributed by atoms with E-state index >= 15 is 0 Å². The van der Waals surface area contributed by atoms with Crippen LogP contribution in [0.4, 0.5) is 5.82 Å². The third kappa shape index (κ3) is 4.06. The predicted molar refractivity (Wildman–Crippen MR) is 70.0 cm³/mol. The standard InChI is InChI=1S/C10H13Cl2N5O/c11-7-5-8(16-10(12)14-7)15-9(18)6-17-3-1-13-2-4-17/h5,13H,1-4,6H2,(H,14,15,16,18). The number of carbonyl (C=O) groups excluding carboxylic acids is 1. The van der Waals surface area contributed by atoms with Gasteiger partial charge in [-0.1, -0.05) is 11.6 Å². The molecule has 2 rings (SSSR count). The molecule has 1 aromatic rings. The number of amides is 1. The lowest BCUT2D eigenvalue weighted by molar-refractivity contribution is -0.117. The quantitative estimate of drug-likeness (QED) is 0.631. The minimum absolute atomic E-state index is 0.0139. The summed E-state index contributed by atoms with van der Waals surface area (Å²) in [5, 5.41) is 6.09. The van der Waals surface area contributed by atoms with Crippen molar-refractivity contribution in [3.63, 3.8) is 0 Å². The van der Waals surface area contributed by atoms with Crippen LogP contribution in [0.25, 0.3) is 0 Å². The van der Waals surface area contributed by atoms with Gasteiger partial charge < -0.3 is 10.6 Å². The molecule has 0 saturated carbocycles. The van der Waals surface area contributed by atoms with Gasteiger partial charge in [0.15, 0.2) is 0 Å². The van der Waals surface area contributed by atoms with E-state index in [1.165, 1.54) is 6.07 Å². The number of rotatable bonds is 3. The predicted octanol–water partition coefficient (Wildman–Crippen LogP) is 0.627. The van der Waals surface area contributed by atoms with Gasteiger partial charge in [-0.05, 0) is 11.6 Å². The summed E-state index contributed by atoms with van der Waals surface area (Å²) in [5.41, 5.74) is 0. The molecule has 1 aliphatic heterocycles. The third-order valence-electron chi connectivity index (χ3n) is 2.51.